The average molecular weight is 253 g/mol. The molecule has 1 N–H and O–H groups in total. The Kier molecular flexibility index (Phi) is 5.95. The lowest BCUT2D eigenvalue weighted by Crippen LogP contribution is -2.20. The number of aliphatic hydroxyl groups excluding tert-OH is 1. The molecule has 0 saturated heterocycles. The molecular weight excluding hydrogens is 230 g/mol. The van der Waals surface area contributed by atoms with Crippen LogP contribution in [0.25, 0.3) is 0 Å². The zero-order chi connectivity index (χ0) is 13.5. The van der Waals surface area contributed by atoms with Gasteiger partial charge < -0.3 is 19.5 Å². The van der Waals surface area contributed by atoms with Crippen LogP contribution in [0.1, 0.15) is 17.5 Å². The van der Waals surface area contributed by atoms with Gasteiger partial charge in [-0.15, -0.1) is 0 Å². The van der Waals surface area contributed by atoms with Crippen LogP contribution in [0.2, 0.25) is 0 Å². The summed E-state index contributed by atoms with van der Waals surface area (Å²) in [6.45, 7) is 3.95. The van der Waals surface area contributed by atoms with Crippen molar-refractivity contribution in [3.05, 3.63) is 23.3 Å². The minimum atomic E-state index is 0.225. The van der Waals surface area contributed by atoms with Crippen molar-refractivity contribution in [2.45, 2.75) is 19.9 Å². The van der Waals surface area contributed by atoms with Gasteiger partial charge in [-0.25, -0.2) is 0 Å². The molecule has 0 unspecified atom stereocenters. The number of aliphatic hydroxyl groups is 1. The van der Waals surface area contributed by atoms with Crippen molar-refractivity contribution >= 4 is 0 Å². The topological polar surface area (TPSA) is 41.9 Å². The van der Waals surface area contributed by atoms with E-state index >= 15 is 0 Å². The van der Waals surface area contributed by atoms with E-state index in [-0.39, 0.29) is 6.61 Å². The molecule has 0 radical (unpaired) electrons. The second-order valence-electron chi connectivity index (χ2n) is 4.44. The number of nitrogens with zero attached hydrogens (tertiary/aromatic N) is 1. The molecule has 0 fully saturated rings. The van der Waals surface area contributed by atoms with Crippen LogP contribution in [0.4, 0.5) is 0 Å². The van der Waals surface area contributed by atoms with Gasteiger partial charge >= 0.3 is 0 Å². The van der Waals surface area contributed by atoms with Crippen LogP contribution in [0.3, 0.4) is 0 Å². The minimum Gasteiger partial charge on any atom is -0.497 e. The van der Waals surface area contributed by atoms with Gasteiger partial charge in [0.2, 0.25) is 0 Å². The highest BCUT2D eigenvalue weighted by atomic mass is 16.5. The lowest BCUT2D eigenvalue weighted by atomic mass is 10.1. The second kappa shape index (κ2) is 7.24. The largest absolute Gasteiger partial charge is 0.497 e. The first-order chi connectivity index (χ1) is 8.62. The second-order valence-corrected chi connectivity index (χ2v) is 4.44. The minimum absolute atomic E-state index is 0.225. The Morgan fingerprint density at radius 3 is 2.50 bits per heavy atom. The molecule has 0 aromatic heterocycles. The van der Waals surface area contributed by atoms with Crippen molar-refractivity contribution in [1.82, 2.24) is 4.90 Å². The molecule has 4 heteroatoms. The first-order valence-electron chi connectivity index (χ1n) is 6.13. The van der Waals surface area contributed by atoms with Crippen molar-refractivity contribution in [2.24, 2.45) is 0 Å². The molecule has 4 nitrogen and oxygen atoms in total. The molecule has 1 rings (SSSR count). The summed E-state index contributed by atoms with van der Waals surface area (Å²) < 4.78 is 10.7. The first-order valence-corrected chi connectivity index (χ1v) is 6.13. The van der Waals surface area contributed by atoms with Gasteiger partial charge in [-0.2, -0.15) is 0 Å². The third kappa shape index (κ3) is 3.89. The zero-order valence-corrected chi connectivity index (χ0v) is 11.7. The summed E-state index contributed by atoms with van der Waals surface area (Å²) in [5.74, 6) is 1.66. The van der Waals surface area contributed by atoms with Crippen LogP contribution >= 0.6 is 0 Å². The third-order valence-electron chi connectivity index (χ3n) is 2.99. The normalized spacial score (nSPS) is 10.8. The molecule has 0 saturated carbocycles. The fourth-order valence-corrected chi connectivity index (χ4v) is 1.95. The summed E-state index contributed by atoms with van der Waals surface area (Å²) in [6, 6.07) is 3.92. The number of aryl methyl sites for hydroxylation is 1. The van der Waals surface area contributed by atoms with E-state index in [1.165, 1.54) is 5.56 Å². The van der Waals surface area contributed by atoms with Gasteiger partial charge in [-0.1, -0.05) is 0 Å². The maximum absolute atomic E-state index is 8.84. The van der Waals surface area contributed by atoms with Gasteiger partial charge in [-0.05, 0) is 32.0 Å². The summed E-state index contributed by atoms with van der Waals surface area (Å²) >= 11 is 0. The van der Waals surface area contributed by atoms with Crippen molar-refractivity contribution in [3.8, 4) is 11.5 Å². The van der Waals surface area contributed by atoms with Crippen LogP contribution in [-0.4, -0.2) is 44.4 Å². The molecule has 0 amide bonds. The number of benzene rings is 1. The van der Waals surface area contributed by atoms with Gasteiger partial charge in [0.1, 0.15) is 11.5 Å². The predicted molar refractivity (Wildman–Crippen MR) is 72.3 cm³/mol. The molecule has 0 bridgehead atoms. The lowest BCUT2D eigenvalue weighted by molar-refractivity contribution is 0.242. The molecule has 18 heavy (non-hydrogen) atoms. The average Bonchev–Trinajstić information content (AvgIpc) is 2.38. The maximum Gasteiger partial charge on any atom is 0.127 e. The number of rotatable bonds is 7. The van der Waals surface area contributed by atoms with E-state index < -0.39 is 0 Å². The molecular formula is C14H23NO3. The van der Waals surface area contributed by atoms with E-state index in [1.54, 1.807) is 14.2 Å². The predicted octanol–water partition coefficient (Wildman–Crippen LogP) is 1.83. The Morgan fingerprint density at radius 1 is 1.22 bits per heavy atom. The highest BCUT2D eigenvalue weighted by Crippen LogP contribution is 2.29. The van der Waals surface area contributed by atoms with E-state index in [4.69, 9.17) is 14.6 Å². The summed E-state index contributed by atoms with van der Waals surface area (Å²) in [4.78, 5) is 2.17. The quantitative estimate of drug-likeness (QED) is 0.805. The van der Waals surface area contributed by atoms with Gasteiger partial charge in [0.05, 0.1) is 14.2 Å². The van der Waals surface area contributed by atoms with Gasteiger partial charge in [0.25, 0.3) is 0 Å². The Bertz CT molecular complexity index is 380. The first kappa shape index (κ1) is 14.8. The zero-order valence-electron chi connectivity index (χ0n) is 11.7. The molecule has 0 aliphatic carbocycles. The fourth-order valence-electron chi connectivity index (χ4n) is 1.95. The van der Waals surface area contributed by atoms with Crippen molar-refractivity contribution in [3.63, 3.8) is 0 Å². The van der Waals surface area contributed by atoms with E-state index in [0.717, 1.165) is 36.6 Å². The van der Waals surface area contributed by atoms with Gasteiger partial charge in [0.15, 0.2) is 0 Å². The van der Waals surface area contributed by atoms with Crippen molar-refractivity contribution < 1.29 is 14.6 Å². The summed E-state index contributed by atoms with van der Waals surface area (Å²) in [5, 5.41) is 8.84. The van der Waals surface area contributed by atoms with Gasteiger partial charge in [0, 0.05) is 31.3 Å². The van der Waals surface area contributed by atoms with Crippen LogP contribution in [0.5, 0.6) is 11.5 Å². The SMILES string of the molecule is COc1cc(C)c(CN(C)CCCO)c(OC)c1. The Hall–Kier alpha value is -1.26. The van der Waals surface area contributed by atoms with Crippen LogP contribution in [0, 0.1) is 6.92 Å². The number of hydrogen-bond donors (Lipinski definition) is 1. The summed E-state index contributed by atoms with van der Waals surface area (Å²) in [7, 11) is 5.37. The van der Waals surface area contributed by atoms with Gasteiger partial charge in [-0.3, -0.25) is 0 Å². The maximum atomic E-state index is 8.84. The highest BCUT2D eigenvalue weighted by Gasteiger charge is 2.11. The van der Waals surface area contributed by atoms with E-state index in [0.29, 0.717) is 0 Å². The van der Waals surface area contributed by atoms with Crippen LogP contribution < -0.4 is 9.47 Å². The molecule has 0 aliphatic heterocycles. The summed E-state index contributed by atoms with van der Waals surface area (Å²) in [5.41, 5.74) is 2.32. The smallest absolute Gasteiger partial charge is 0.127 e. The molecule has 102 valence electrons. The monoisotopic (exact) mass is 253 g/mol. The van der Waals surface area contributed by atoms with Crippen LogP contribution in [0.15, 0.2) is 12.1 Å². The number of methoxy groups -OCH3 is 2. The fraction of sp³-hybridized carbons (Fsp3) is 0.571. The van der Waals surface area contributed by atoms with E-state index in [2.05, 4.69) is 11.8 Å². The molecule has 0 heterocycles. The van der Waals surface area contributed by atoms with Crippen LogP contribution in [-0.2, 0) is 6.54 Å². The third-order valence-corrected chi connectivity index (χ3v) is 2.99. The lowest BCUT2D eigenvalue weighted by Gasteiger charge is -2.20. The summed E-state index contributed by atoms with van der Waals surface area (Å²) in [6.07, 6.45) is 0.786. The van der Waals surface area contributed by atoms with Crippen molar-refractivity contribution in [1.29, 1.82) is 0 Å². The van der Waals surface area contributed by atoms with Crippen molar-refractivity contribution in [2.75, 3.05) is 34.4 Å². The Balaban J connectivity index is 2.86. The van der Waals surface area contributed by atoms with E-state index in [1.807, 2.05) is 19.2 Å². The molecule has 0 spiro atoms. The highest BCUT2D eigenvalue weighted by molar-refractivity contribution is 5.46. The standard InChI is InChI=1S/C14H23NO3/c1-11-8-12(17-3)9-14(18-4)13(11)10-15(2)6-5-7-16/h8-9,16H,5-7,10H2,1-4H3. The number of hydrogen-bond acceptors (Lipinski definition) is 4. The Labute approximate surface area is 109 Å². The van der Waals surface area contributed by atoms with E-state index in [9.17, 15) is 0 Å². The Morgan fingerprint density at radius 2 is 1.94 bits per heavy atom. The number of ether oxygens (including phenoxy) is 2. The molecule has 1 aromatic rings. The molecule has 0 atom stereocenters. The molecule has 1 aromatic carbocycles. The molecule has 0 aliphatic rings.